The average Bonchev–Trinajstić information content (AvgIpc) is 3.02. The second-order valence-corrected chi connectivity index (χ2v) is 5.95. The Hall–Kier alpha value is -3.40. The lowest BCUT2D eigenvalue weighted by Gasteiger charge is -2.07. The highest BCUT2D eigenvalue weighted by Crippen LogP contribution is 2.45. The van der Waals surface area contributed by atoms with Crippen molar-refractivity contribution in [3.05, 3.63) is 59.4 Å². The maximum Gasteiger partial charge on any atom is 0.586 e. The van der Waals surface area contributed by atoms with Crippen molar-refractivity contribution in [2.45, 2.75) is 20.1 Å². The van der Waals surface area contributed by atoms with Gasteiger partial charge in [-0.25, -0.2) is 9.37 Å². The summed E-state index contributed by atoms with van der Waals surface area (Å²) < 4.78 is 48.6. The number of ether oxygens (including phenoxy) is 2. The number of rotatable bonds is 3. The molecule has 1 N–H and O–H groups in total. The molecule has 0 aliphatic carbocycles. The number of carbonyl (C=O) groups excluding carboxylic acids is 1. The molecule has 0 saturated carbocycles. The highest BCUT2D eigenvalue weighted by atomic mass is 35.5. The molecule has 4 rings (SSSR count). The van der Waals surface area contributed by atoms with E-state index in [0.717, 1.165) is 6.20 Å². The Morgan fingerprint density at radius 2 is 1.80 bits per heavy atom. The van der Waals surface area contributed by atoms with Crippen LogP contribution in [0.4, 0.5) is 19.0 Å². The van der Waals surface area contributed by atoms with Gasteiger partial charge < -0.3 is 14.8 Å². The molecule has 156 valence electrons. The summed E-state index contributed by atoms with van der Waals surface area (Å²) in [5.74, 6) is -1.86. The van der Waals surface area contributed by atoms with Crippen molar-refractivity contribution in [2.75, 3.05) is 5.32 Å². The number of hydrogen-bond donors (Lipinski definition) is 1. The highest BCUT2D eigenvalue weighted by molar-refractivity contribution is 6.33. The van der Waals surface area contributed by atoms with Gasteiger partial charge in [-0.2, -0.15) is 0 Å². The molecule has 0 fully saturated rings. The second-order valence-electron chi connectivity index (χ2n) is 5.54. The number of aromatic nitrogens is 3. The summed E-state index contributed by atoms with van der Waals surface area (Å²) in [7, 11) is 0. The number of hydrogen-bond acceptors (Lipinski definition) is 6. The molecule has 11 heteroatoms. The van der Waals surface area contributed by atoms with Gasteiger partial charge in [0.25, 0.3) is 5.91 Å². The summed E-state index contributed by atoms with van der Waals surface area (Å²) in [6.07, 6.45) is 0.890. The molecule has 1 aliphatic rings. The van der Waals surface area contributed by atoms with E-state index < -0.39 is 18.0 Å². The third kappa shape index (κ3) is 4.43. The van der Waals surface area contributed by atoms with Gasteiger partial charge in [-0.15, -0.1) is 8.78 Å². The SMILES string of the molecule is CC.O=C(Nc1cnc(-c2cc3c(cc2Cl)OC(F)(F)O3)cn1)c1ccncc1F. The van der Waals surface area contributed by atoms with Crippen molar-refractivity contribution >= 4 is 23.3 Å². The van der Waals surface area contributed by atoms with Gasteiger partial charge in [-0.05, 0) is 12.1 Å². The molecule has 0 atom stereocenters. The largest absolute Gasteiger partial charge is 0.586 e. The minimum absolute atomic E-state index is 0.0494. The van der Waals surface area contributed by atoms with Crippen LogP contribution in [0.5, 0.6) is 11.5 Å². The fourth-order valence-corrected chi connectivity index (χ4v) is 2.69. The van der Waals surface area contributed by atoms with Crippen LogP contribution in [0.2, 0.25) is 5.02 Å². The first-order valence-corrected chi connectivity index (χ1v) is 9.03. The van der Waals surface area contributed by atoms with Gasteiger partial charge in [-0.1, -0.05) is 25.4 Å². The van der Waals surface area contributed by atoms with Crippen LogP contribution >= 0.6 is 11.6 Å². The lowest BCUT2D eigenvalue weighted by Crippen LogP contribution is -2.25. The van der Waals surface area contributed by atoms with Gasteiger partial charge in [0, 0.05) is 17.8 Å². The van der Waals surface area contributed by atoms with Crippen LogP contribution in [0.3, 0.4) is 0 Å². The van der Waals surface area contributed by atoms with Gasteiger partial charge in [0.2, 0.25) is 0 Å². The second kappa shape index (κ2) is 8.54. The van der Waals surface area contributed by atoms with E-state index in [2.05, 4.69) is 29.7 Å². The first-order valence-electron chi connectivity index (χ1n) is 8.65. The van der Waals surface area contributed by atoms with E-state index in [4.69, 9.17) is 11.6 Å². The Morgan fingerprint density at radius 1 is 1.10 bits per heavy atom. The van der Waals surface area contributed by atoms with Crippen LogP contribution in [0.15, 0.2) is 43.0 Å². The smallest absolute Gasteiger partial charge is 0.395 e. The Bertz CT molecular complexity index is 1080. The van der Waals surface area contributed by atoms with Gasteiger partial charge in [0.1, 0.15) is 0 Å². The predicted molar refractivity (Wildman–Crippen MR) is 102 cm³/mol. The molecular weight excluding hydrogens is 425 g/mol. The highest BCUT2D eigenvalue weighted by Gasteiger charge is 2.43. The van der Waals surface area contributed by atoms with E-state index in [1.165, 1.54) is 36.8 Å². The van der Waals surface area contributed by atoms with Crippen molar-refractivity contribution in [1.29, 1.82) is 0 Å². The van der Waals surface area contributed by atoms with Crippen molar-refractivity contribution in [3.63, 3.8) is 0 Å². The van der Waals surface area contributed by atoms with Crippen molar-refractivity contribution in [2.24, 2.45) is 0 Å². The van der Waals surface area contributed by atoms with Gasteiger partial charge in [-0.3, -0.25) is 14.8 Å². The van der Waals surface area contributed by atoms with Crippen molar-refractivity contribution in [3.8, 4) is 22.8 Å². The molecule has 1 aromatic carbocycles. The number of carbonyl (C=O) groups is 1. The third-order valence-corrected chi connectivity index (χ3v) is 3.99. The number of nitrogens with zero attached hydrogens (tertiary/aromatic N) is 3. The molecule has 0 spiro atoms. The molecule has 7 nitrogen and oxygen atoms in total. The molecule has 3 aromatic rings. The summed E-state index contributed by atoms with van der Waals surface area (Å²) in [5, 5.41) is 2.48. The summed E-state index contributed by atoms with van der Waals surface area (Å²) >= 11 is 6.09. The van der Waals surface area contributed by atoms with Crippen LogP contribution in [-0.2, 0) is 0 Å². The summed E-state index contributed by atoms with van der Waals surface area (Å²) in [6.45, 7) is 4.00. The zero-order chi connectivity index (χ0) is 21.9. The number of alkyl halides is 2. The number of fused-ring (bicyclic) bond motifs is 1. The van der Waals surface area contributed by atoms with Crippen LogP contribution in [-0.4, -0.2) is 27.2 Å². The van der Waals surface area contributed by atoms with E-state index in [-0.39, 0.29) is 39.2 Å². The molecule has 2 aromatic heterocycles. The van der Waals surface area contributed by atoms with Gasteiger partial charge in [0.15, 0.2) is 23.1 Å². The standard InChI is InChI=1S/C17H8ClF3N4O3.C2H6/c18-10-4-14-13(27-17(20,21)28-14)3-9(10)12-6-24-15(7-23-12)25-16(26)8-1-2-22-5-11(8)19;1-2/h1-7H,(H,24,25,26);1-2H3. The van der Waals surface area contributed by atoms with Gasteiger partial charge in [0.05, 0.1) is 34.9 Å². The van der Waals surface area contributed by atoms with Crippen molar-refractivity contribution < 1.29 is 27.4 Å². The van der Waals surface area contributed by atoms with E-state index in [0.29, 0.717) is 0 Å². The fourth-order valence-electron chi connectivity index (χ4n) is 2.44. The molecule has 0 unspecified atom stereocenters. The number of halogens is 4. The number of benzene rings is 1. The van der Waals surface area contributed by atoms with E-state index >= 15 is 0 Å². The first kappa shape index (κ1) is 21.3. The predicted octanol–water partition coefficient (Wildman–Crippen LogP) is 4.93. The molecule has 0 bridgehead atoms. The zero-order valence-corrected chi connectivity index (χ0v) is 16.4. The Balaban J connectivity index is 0.00000124. The Kier molecular flexibility index (Phi) is 6.06. The number of nitrogens with one attached hydrogen (secondary N) is 1. The number of amides is 1. The molecular formula is C19H14ClF3N4O3. The zero-order valence-electron chi connectivity index (χ0n) is 15.6. The Labute approximate surface area is 173 Å². The molecule has 0 radical (unpaired) electrons. The quantitative estimate of drug-likeness (QED) is 0.624. The Morgan fingerprint density at radius 3 is 2.43 bits per heavy atom. The summed E-state index contributed by atoms with van der Waals surface area (Å²) in [5.41, 5.74) is 0.299. The van der Waals surface area contributed by atoms with Crippen LogP contribution < -0.4 is 14.8 Å². The summed E-state index contributed by atoms with van der Waals surface area (Å²) in [4.78, 5) is 23.7. The van der Waals surface area contributed by atoms with Crippen LogP contribution in [0.25, 0.3) is 11.3 Å². The number of pyridine rings is 1. The van der Waals surface area contributed by atoms with E-state index in [9.17, 15) is 18.0 Å². The third-order valence-electron chi connectivity index (χ3n) is 3.68. The lowest BCUT2D eigenvalue weighted by atomic mass is 10.1. The van der Waals surface area contributed by atoms with E-state index in [1.54, 1.807) is 0 Å². The maximum absolute atomic E-state index is 13.6. The summed E-state index contributed by atoms with van der Waals surface area (Å²) in [6, 6.07) is 3.64. The molecule has 30 heavy (non-hydrogen) atoms. The minimum atomic E-state index is -3.77. The van der Waals surface area contributed by atoms with Crippen molar-refractivity contribution in [1.82, 2.24) is 15.0 Å². The van der Waals surface area contributed by atoms with Crippen LogP contribution in [0.1, 0.15) is 24.2 Å². The maximum atomic E-state index is 13.6. The molecule has 3 heterocycles. The molecule has 1 aliphatic heterocycles. The molecule has 1 amide bonds. The topological polar surface area (TPSA) is 86.2 Å². The molecule has 0 saturated heterocycles. The van der Waals surface area contributed by atoms with Crippen LogP contribution in [0, 0.1) is 5.82 Å². The van der Waals surface area contributed by atoms with E-state index in [1.807, 2.05) is 13.8 Å². The first-order chi connectivity index (χ1) is 14.3. The lowest BCUT2D eigenvalue weighted by molar-refractivity contribution is -0.286. The average molecular weight is 439 g/mol. The number of anilines is 1. The monoisotopic (exact) mass is 438 g/mol. The minimum Gasteiger partial charge on any atom is -0.395 e. The normalized spacial score (nSPS) is 13.3. The fraction of sp³-hybridized carbons (Fsp3) is 0.158. The van der Waals surface area contributed by atoms with Gasteiger partial charge >= 0.3 is 6.29 Å².